The molecule has 5 heteroatoms. The Hall–Kier alpha value is -2.82. The SMILES string of the molecule is CCc1ccc(NC(=O)Nc2ccc(C(=O)NC3CCCC3)cc2)cc1. The Balaban J connectivity index is 1.52. The highest BCUT2D eigenvalue weighted by Crippen LogP contribution is 2.18. The van der Waals surface area contributed by atoms with Crippen LogP contribution in [0.3, 0.4) is 0 Å². The molecule has 1 aliphatic rings. The van der Waals surface area contributed by atoms with Gasteiger partial charge >= 0.3 is 6.03 Å². The molecule has 5 nitrogen and oxygen atoms in total. The van der Waals surface area contributed by atoms with Crippen molar-refractivity contribution in [2.45, 2.75) is 45.1 Å². The molecule has 1 saturated carbocycles. The maximum absolute atomic E-state index is 12.2. The van der Waals surface area contributed by atoms with Gasteiger partial charge in [-0.15, -0.1) is 0 Å². The van der Waals surface area contributed by atoms with Crippen molar-refractivity contribution in [3.05, 3.63) is 59.7 Å². The van der Waals surface area contributed by atoms with E-state index in [9.17, 15) is 9.59 Å². The lowest BCUT2D eigenvalue weighted by Crippen LogP contribution is -2.32. The molecule has 3 amide bonds. The summed E-state index contributed by atoms with van der Waals surface area (Å²) in [5, 5.41) is 8.63. The maximum atomic E-state index is 12.2. The number of carbonyl (C=O) groups is 2. The number of carbonyl (C=O) groups excluding carboxylic acids is 2. The molecule has 1 aliphatic carbocycles. The third-order valence-electron chi connectivity index (χ3n) is 4.72. The van der Waals surface area contributed by atoms with Crippen molar-refractivity contribution >= 4 is 23.3 Å². The van der Waals surface area contributed by atoms with Gasteiger partial charge in [0.2, 0.25) is 0 Å². The van der Waals surface area contributed by atoms with Crippen LogP contribution in [-0.2, 0) is 6.42 Å². The standard InChI is InChI=1S/C21H25N3O2/c1-2-15-7-11-18(12-8-15)23-21(26)24-19-13-9-16(10-14-19)20(25)22-17-5-3-4-6-17/h7-14,17H,2-6H2,1H3,(H,22,25)(H2,23,24,26). The Labute approximate surface area is 154 Å². The lowest BCUT2D eigenvalue weighted by Gasteiger charge is -2.12. The maximum Gasteiger partial charge on any atom is 0.323 e. The first kappa shape index (κ1) is 18.0. The number of urea groups is 1. The molecule has 136 valence electrons. The lowest BCUT2D eigenvalue weighted by atomic mass is 10.1. The molecule has 0 spiro atoms. The van der Waals surface area contributed by atoms with E-state index in [1.807, 2.05) is 24.3 Å². The predicted molar refractivity (Wildman–Crippen MR) is 105 cm³/mol. The minimum Gasteiger partial charge on any atom is -0.349 e. The monoisotopic (exact) mass is 351 g/mol. The smallest absolute Gasteiger partial charge is 0.323 e. The average molecular weight is 351 g/mol. The van der Waals surface area contributed by atoms with Crippen LogP contribution in [0.25, 0.3) is 0 Å². The minimum atomic E-state index is -0.308. The van der Waals surface area contributed by atoms with E-state index in [1.54, 1.807) is 24.3 Å². The van der Waals surface area contributed by atoms with E-state index in [4.69, 9.17) is 0 Å². The van der Waals surface area contributed by atoms with Crippen LogP contribution in [0.1, 0.15) is 48.5 Å². The number of rotatable bonds is 5. The van der Waals surface area contributed by atoms with E-state index in [-0.39, 0.29) is 11.9 Å². The highest BCUT2D eigenvalue weighted by molar-refractivity contribution is 6.00. The van der Waals surface area contributed by atoms with Crippen LogP contribution < -0.4 is 16.0 Å². The summed E-state index contributed by atoms with van der Waals surface area (Å²) in [6.07, 6.45) is 5.46. The molecule has 0 atom stereocenters. The molecule has 0 radical (unpaired) electrons. The van der Waals surface area contributed by atoms with Crippen LogP contribution in [0.5, 0.6) is 0 Å². The van der Waals surface area contributed by atoms with Crippen LogP contribution in [-0.4, -0.2) is 18.0 Å². The Morgan fingerprint density at radius 1 is 0.885 bits per heavy atom. The Morgan fingerprint density at radius 2 is 1.42 bits per heavy atom. The molecule has 2 aromatic carbocycles. The molecular weight excluding hydrogens is 326 g/mol. The zero-order valence-electron chi connectivity index (χ0n) is 15.0. The van der Waals surface area contributed by atoms with Crippen molar-refractivity contribution in [2.75, 3.05) is 10.6 Å². The molecule has 1 fully saturated rings. The molecule has 0 saturated heterocycles. The van der Waals surface area contributed by atoms with Gasteiger partial charge in [-0.3, -0.25) is 4.79 Å². The topological polar surface area (TPSA) is 70.2 Å². The van der Waals surface area contributed by atoms with Gasteiger partial charge in [-0.25, -0.2) is 4.79 Å². The highest BCUT2D eigenvalue weighted by Gasteiger charge is 2.17. The normalized spacial score (nSPS) is 14.0. The Kier molecular flexibility index (Phi) is 5.89. The molecular formula is C21H25N3O2. The van der Waals surface area contributed by atoms with Crippen LogP contribution in [0.4, 0.5) is 16.2 Å². The Morgan fingerprint density at radius 3 is 1.96 bits per heavy atom. The molecule has 0 aliphatic heterocycles. The first-order valence-electron chi connectivity index (χ1n) is 9.22. The van der Waals surface area contributed by atoms with E-state index >= 15 is 0 Å². The van der Waals surface area contributed by atoms with Crippen molar-refractivity contribution in [2.24, 2.45) is 0 Å². The van der Waals surface area contributed by atoms with Crippen LogP contribution in [0.2, 0.25) is 0 Å². The van der Waals surface area contributed by atoms with Gasteiger partial charge in [0.05, 0.1) is 0 Å². The quantitative estimate of drug-likeness (QED) is 0.739. The van der Waals surface area contributed by atoms with Gasteiger partial charge in [-0.05, 0) is 61.2 Å². The summed E-state index contributed by atoms with van der Waals surface area (Å²) >= 11 is 0. The number of aryl methyl sites for hydroxylation is 1. The van der Waals surface area contributed by atoms with Crippen molar-refractivity contribution in [1.82, 2.24) is 5.32 Å². The summed E-state index contributed by atoms with van der Waals surface area (Å²) < 4.78 is 0. The summed E-state index contributed by atoms with van der Waals surface area (Å²) in [4.78, 5) is 24.3. The molecule has 2 aromatic rings. The molecule has 0 heterocycles. The first-order chi connectivity index (χ1) is 12.6. The fourth-order valence-corrected chi connectivity index (χ4v) is 3.16. The van der Waals surface area contributed by atoms with Gasteiger partial charge in [0.25, 0.3) is 5.91 Å². The third kappa shape index (κ3) is 4.85. The minimum absolute atomic E-state index is 0.0519. The van der Waals surface area contributed by atoms with Crippen molar-refractivity contribution in [3.63, 3.8) is 0 Å². The van der Waals surface area contributed by atoms with Gasteiger partial charge in [-0.2, -0.15) is 0 Å². The molecule has 0 aromatic heterocycles. The van der Waals surface area contributed by atoms with Gasteiger partial charge < -0.3 is 16.0 Å². The first-order valence-corrected chi connectivity index (χ1v) is 9.22. The molecule has 0 bridgehead atoms. The number of benzene rings is 2. The summed E-state index contributed by atoms with van der Waals surface area (Å²) in [6, 6.07) is 14.7. The van der Waals surface area contributed by atoms with E-state index in [2.05, 4.69) is 22.9 Å². The van der Waals surface area contributed by atoms with Crippen molar-refractivity contribution in [1.29, 1.82) is 0 Å². The summed E-state index contributed by atoms with van der Waals surface area (Å²) in [6.45, 7) is 2.09. The zero-order valence-corrected chi connectivity index (χ0v) is 15.0. The number of hydrogen-bond donors (Lipinski definition) is 3. The summed E-state index contributed by atoms with van der Waals surface area (Å²) in [7, 11) is 0. The second-order valence-corrected chi connectivity index (χ2v) is 6.66. The molecule has 0 unspecified atom stereocenters. The van der Waals surface area contributed by atoms with Gasteiger partial charge in [-0.1, -0.05) is 31.9 Å². The van der Waals surface area contributed by atoms with Gasteiger partial charge in [0.1, 0.15) is 0 Å². The molecule has 3 rings (SSSR count). The number of hydrogen-bond acceptors (Lipinski definition) is 2. The van der Waals surface area contributed by atoms with Crippen LogP contribution in [0.15, 0.2) is 48.5 Å². The highest BCUT2D eigenvalue weighted by atomic mass is 16.2. The lowest BCUT2D eigenvalue weighted by molar-refractivity contribution is 0.0938. The van der Waals surface area contributed by atoms with E-state index in [1.165, 1.54) is 18.4 Å². The number of amides is 3. The van der Waals surface area contributed by atoms with Gasteiger partial charge in [0, 0.05) is 23.0 Å². The van der Waals surface area contributed by atoms with E-state index in [0.29, 0.717) is 17.3 Å². The zero-order chi connectivity index (χ0) is 18.4. The second-order valence-electron chi connectivity index (χ2n) is 6.66. The largest absolute Gasteiger partial charge is 0.349 e. The fourth-order valence-electron chi connectivity index (χ4n) is 3.16. The Bertz CT molecular complexity index is 748. The molecule has 26 heavy (non-hydrogen) atoms. The fraction of sp³-hybridized carbons (Fsp3) is 0.333. The average Bonchev–Trinajstić information content (AvgIpc) is 3.16. The van der Waals surface area contributed by atoms with Gasteiger partial charge in [0.15, 0.2) is 0 Å². The summed E-state index contributed by atoms with van der Waals surface area (Å²) in [5.41, 5.74) is 3.22. The predicted octanol–water partition coefficient (Wildman–Crippen LogP) is 4.57. The van der Waals surface area contributed by atoms with E-state index < -0.39 is 0 Å². The molecule has 3 N–H and O–H groups in total. The number of anilines is 2. The second kappa shape index (κ2) is 8.52. The third-order valence-corrected chi connectivity index (χ3v) is 4.72. The van der Waals surface area contributed by atoms with E-state index in [0.717, 1.165) is 24.9 Å². The summed E-state index contributed by atoms with van der Waals surface area (Å²) in [5.74, 6) is -0.0519. The van der Waals surface area contributed by atoms with Crippen LogP contribution >= 0.6 is 0 Å². The van der Waals surface area contributed by atoms with Crippen molar-refractivity contribution in [3.8, 4) is 0 Å². The van der Waals surface area contributed by atoms with Crippen LogP contribution in [0, 0.1) is 0 Å². The number of nitrogens with one attached hydrogen (secondary N) is 3. The van der Waals surface area contributed by atoms with Crippen molar-refractivity contribution < 1.29 is 9.59 Å².